The third-order valence-electron chi connectivity index (χ3n) is 3.10. The average Bonchev–Trinajstić information content (AvgIpc) is 2.49. The van der Waals surface area contributed by atoms with Crippen molar-refractivity contribution in [1.29, 1.82) is 0 Å². The van der Waals surface area contributed by atoms with Crippen LogP contribution in [0.2, 0.25) is 0 Å². The highest BCUT2D eigenvalue weighted by molar-refractivity contribution is 8.08. The molecular formula is C13H9F3O7S3. The van der Waals surface area contributed by atoms with Crippen molar-refractivity contribution in [1.82, 2.24) is 0 Å². The first-order valence-electron chi connectivity index (χ1n) is 6.42. The number of benzene rings is 2. The minimum Gasteiger partial charge on any atom is -0.282 e. The van der Waals surface area contributed by atoms with Gasteiger partial charge in [0.15, 0.2) is 36.4 Å². The van der Waals surface area contributed by atoms with Gasteiger partial charge in [0.1, 0.15) is 10.7 Å². The summed E-state index contributed by atoms with van der Waals surface area (Å²) in [5.41, 5.74) is 0. The average molecular weight is 430 g/mol. The minimum absolute atomic E-state index is 0.332. The molecule has 2 aromatic carbocycles. The molecule has 13 heteroatoms. The van der Waals surface area contributed by atoms with Crippen LogP contribution < -0.4 is 0 Å². The van der Waals surface area contributed by atoms with Gasteiger partial charge in [-0.15, -0.1) is 0 Å². The maximum absolute atomic E-state index is 13.6. The lowest BCUT2D eigenvalue weighted by Gasteiger charge is -2.09. The van der Waals surface area contributed by atoms with Gasteiger partial charge in [0.05, 0.1) is 9.79 Å². The van der Waals surface area contributed by atoms with Gasteiger partial charge in [0, 0.05) is 0 Å². The summed E-state index contributed by atoms with van der Waals surface area (Å²) in [5.74, 6) is -5.40. The summed E-state index contributed by atoms with van der Waals surface area (Å²) < 4.78 is 120. The normalized spacial score (nSPS) is 12.9. The molecule has 0 aliphatic carbocycles. The van der Waals surface area contributed by atoms with Crippen molar-refractivity contribution in [2.24, 2.45) is 0 Å². The summed E-state index contributed by atoms with van der Waals surface area (Å²) in [6, 6.07) is 3.43. The molecule has 142 valence electrons. The van der Waals surface area contributed by atoms with Gasteiger partial charge in [-0.25, -0.2) is 30.0 Å². The Kier molecular flexibility index (Phi) is 5.20. The van der Waals surface area contributed by atoms with Crippen LogP contribution in [0.3, 0.4) is 0 Å². The van der Waals surface area contributed by atoms with E-state index < -0.39 is 67.0 Å². The highest BCUT2D eigenvalue weighted by Gasteiger charge is 2.32. The monoisotopic (exact) mass is 430 g/mol. The van der Waals surface area contributed by atoms with Gasteiger partial charge in [-0.3, -0.25) is 4.55 Å². The van der Waals surface area contributed by atoms with Gasteiger partial charge >= 0.3 is 0 Å². The molecule has 0 bridgehead atoms. The Hall–Kier alpha value is -1.96. The van der Waals surface area contributed by atoms with Gasteiger partial charge in [0.2, 0.25) is 0 Å². The van der Waals surface area contributed by atoms with E-state index in [0.29, 0.717) is 36.4 Å². The fourth-order valence-corrected chi connectivity index (χ4v) is 6.36. The van der Waals surface area contributed by atoms with E-state index in [9.17, 15) is 38.4 Å². The van der Waals surface area contributed by atoms with Gasteiger partial charge in [-0.05, 0) is 36.4 Å². The first-order valence-corrected chi connectivity index (χ1v) is 11.2. The molecule has 2 aromatic rings. The second-order valence-corrected chi connectivity index (χ2v) is 10.7. The van der Waals surface area contributed by atoms with E-state index >= 15 is 0 Å². The lowest BCUT2D eigenvalue weighted by Crippen LogP contribution is -2.20. The third-order valence-corrected chi connectivity index (χ3v) is 8.44. The quantitative estimate of drug-likeness (QED) is 0.564. The first-order chi connectivity index (χ1) is 11.8. The lowest BCUT2D eigenvalue weighted by atomic mass is 10.3. The van der Waals surface area contributed by atoms with Gasteiger partial charge in [-0.1, -0.05) is 0 Å². The summed E-state index contributed by atoms with van der Waals surface area (Å²) in [6.45, 7) is 0. The second kappa shape index (κ2) is 6.64. The van der Waals surface area contributed by atoms with Crippen LogP contribution in [0.15, 0.2) is 51.1 Å². The summed E-state index contributed by atoms with van der Waals surface area (Å²) in [6.07, 6.45) is 0. The molecule has 7 nitrogen and oxygen atoms in total. The van der Waals surface area contributed by atoms with Crippen LogP contribution in [0.25, 0.3) is 0 Å². The van der Waals surface area contributed by atoms with Crippen molar-refractivity contribution in [2.45, 2.75) is 14.7 Å². The molecule has 0 unspecified atom stereocenters. The predicted molar refractivity (Wildman–Crippen MR) is 81.8 cm³/mol. The highest BCUT2D eigenvalue weighted by atomic mass is 32.3. The smallest absolute Gasteiger partial charge is 0.282 e. The Morgan fingerprint density at radius 2 is 1.15 bits per heavy atom. The molecule has 0 atom stereocenters. The summed E-state index contributed by atoms with van der Waals surface area (Å²) in [5, 5.41) is -1.79. The van der Waals surface area contributed by atoms with Crippen molar-refractivity contribution < 1.29 is 43.0 Å². The van der Waals surface area contributed by atoms with Crippen LogP contribution >= 0.6 is 0 Å². The molecule has 0 amide bonds. The zero-order chi connectivity index (χ0) is 19.9. The minimum atomic E-state index is -5.13. The van der Waals surface area contributed by atoms with Crippen molar-refractivity contribution >= 4 is 29.8 Å². The molecule has 0 heterocycles. The fraction of sp³-hybridized carbons (Fsp3) is 0.0769. The van der Waals surface area contributed by atoms with Crippen LogP contribution in [0, 0.1) is 17.5 Å². The summed E-state index contributed by atoms with van der Waals surface area (Å²) in [4.78, 5) is -3.07. The lowest BCUT2D eigenvalue weighted by molar-refractivity contribution is 0.459. The van der Waals surface area contributed by atoms with E-state index in [1.807, 2.05) is 0 Å². The molecular weight excluding hydrogens is 421 g/mol. The van der Waals surface area contributed by atoms with Crippen LogP contribution in [-0.2, 0) is 29.8 Å². The SMILES string of the molecule is O=S(=O)(O)c1ccc(S(=O)(=O)CS(=O)(=O)c2c(F)ccc(F)c2F)cc1. The maximum atomic E-state index is 13.6. The molecule has 1 N–H and O–H groups in total. The first kappa shape index (κ1) is 20.4. The number of hydrogen-bond acceptors (Lipinski definition) is 6. The van der Waals surface area contributed by atoms with Crippen molar-refractivity contribution in [2.75, 3.05) is 5.08 Å². The fourth-order valence-electron chi connectivity index (χ4n) is 1.94. The van der Waals surface area contributed by atoms with Gasteiger partial charge in [-0.2, -0.15) is 8.42 Å². The zero-order valence-electron chi connectivity index (χ0n) is 12.4. The number of halogens is 3. The number of hydrogen-bond donors (Lipinski definition) is 1. The van der Waals surface area contributed by atoms with Crippen LogP contribution in [0.1, 0.15) is 0 Å². The Morgan fingerprint density at radius 1 is 0.692 bits per heavy atom. The zero-order valence-corrected chi connectivity index (χ0v) is 14.9. The van der Waals surface area contributed by atoms with Gasteiger partial charge < -0.3 is 0 Å². The Morgan fingerprint density at radius 3 is 1.65 bits per heavy atom. The van der Waals surface area contributed by atoms with Crippen molar-refractivity contribution in [3.8, 4) is 0 Å². The Balaban J connectivity index is 2.48. The molecule has 0 saturated carbocycles. The van der Waals surface area contributed by atoms with E-state index in [-0.39, 0.29) is 0 Å². The third kappa shape index (κ3) is 4.06. The molecule has 0 aliphatic heterocycles. The maximum Gasteiger partial charge on any atom is 0.294 e. The van der Waals surface area contributed by atoms with E-state index in [1.165, 1.54) is 0 Å². The molecule has 0 saturated heterocycles. The van der Waals surface area contributed by atoms with E-state index in [0.717, 1.165) is 0 Å². The highest BCUT2D eigenvalue weighted by Crippen LogP contribution is 2.25. The standard InChI is InChI=1S/C13H9F3O7S3/c14-10-5-6-11(15)13(12(10)16)25(19,20)7-24(17,18)8-1-3-9(4-2-8)26(21,22)23/h1-6H,7H2,(H,21,22,23). The van der Waals surface area contributed by atoms with Crippen LogP contribution in [0.5, 0.6) is 0 Å². The summed E-state index contributed by atoms with van der Waals surface area (Å²) in [7, 11) is -14.4. The molecule has 26 heavy (non-hydrogen) atoms. The van der Waals surface area contributed by atoms with Crippen molar-refractivity contribution in [3.05, 3.63) is 53.8 Å². The summed E-state index contributed by atoms with van der Waals surface area (Å²) >= 11 is 0. The topological polar surface area (TPSA) is 123 Å². The molecule has 0 aliphatic rings. The number of sulfone groups is 2. The van der Waals surface area contributed by atoms with Crippen molar-refractivity contribution in [3.63, 3.8) is 0 Å². The van der Waals surface area contributed by atoms with Crippen LogP contribution in [-0.4, -0.2) is 34.9 Å². The molecule has 0 radical (unpaired) electrons. The molecule has 0 fully saturated rings. The molecule has 0 spiro atoms. The van der Waals surface area contributed by atoms with E-state index in [2.05, 4.69) is 0 Å². The Labute approximate surface area is 146 Å². The molecule has 2 rings (SSSR count). The molecule has 0 aromatic heterocycles. The predicted octanol–water partition coefficient (Wildman–Crippen LogP) is 1.56. The van der Waals surface area contributed by atoms with Gasteiger partial charge in [0.25, 0.3) is 10.1 Å². The van der Waals surface area contributed by atoms with E-state index in [4.69, 9.17) is 4.55 Å². The van der Waals surface area contributed by atoms with E-state index in [1.54, 1.807) is 0 Å². The second-order valence-electron chi connectivity index (χ2n) is 4.97. The van der Waals surface area contributed by atoms with Crippen LogP contribution in [0.4, 0.5) is 13.2 Å². The largest absolute Gasteiger partial charge is 0.294 e. The number of rotatable bonds is 5. The Bertz CT molecular complexity index is 1170.